The Morgan fingerprint density at radius 3 is 2.12 bits per heavy atom. The van der Waals surface area contributed by atoms with Crippen molar-refractivity contribution in [3.8, 4) is 10.4 Å². The van der Waals surface area contributed by atoms with Crippen LogP contribution in [0.4, 0.5) is 24.5 Å². The van der Waals surface area contributed by atoms with Gasteiger partial charge in [0.05, 0.1) is 71.8 Å². The van der Waals surface area contributed by atoms with Crippen LogP contribution in [0.1, 0.15) is 107 Å². The molecule has 2 saturated heterocycles. The molecule has 29 heteroatoms. The summed E-state index contributed by atoms with van der Waals surface area (Å²) in [6, 6.07) is 30.6. The number of aliphatic hydroxyl groups is 1. The van der Waals surface area contributed by atoms with Gasteiger partial charge in [-0.2, -0.15) is 13.2 Å². The van der Waals surface area contributed by atoms with Crippen LogP contribution in [0.2, 0.25) is 5.02 Å². The van der Waals surface area contributed by atoms with Gasteiger partial charge in [0.1, 0.15) is 23.6 Å². The molecule has 2 aliphatic heterocycles. The number of carbonyl (C=O) groups is 4. The molecule has 4 amide bonds. The van der Waals surface area contributed by atoms with Crippen LogP contribution in [0.5, 0.6) is 0 Å². The number of thioether (sulfide) groups is 1. The molecule has 104 heavy (non-hydrogen) atoms. The monoisotopic (exact) mass is 1530 g/mol. The average Bonchev–Trinajstić information content (AvgIpc) is 0.949. The SMILES string of the molecule is Cc1ncsc1-c1ccc([C@H](C)NC(=O)[C@@H]2C[C@@H](O)CN2C(=O)[C@@H](NC(=O)COCCOCCOCCN(C)CC[C@H](CSc2ccccc2)Nc2ccc(S(=O)(=O)NC(=O)c3ccc(N4CCN(CC5=C(c6ccc(Cl)cc6)CCC(C)(C)C5)CC4)cc3)cc2S(=O)(=O)C(F)(F)F)C(C)(C)C)cc1. The maximum absolute atomic E-state index is 14.5. The number of aryl methyl sites for hydroxylation is 1. The van der Waals surface area contributed by atoms with E-state index in [9.17, 15) is 54.3 Å². The smallest absolute Gasteiger partial charge is 0.391 e. The summed E-state index contributed by atoms with van der Waals surface area (Å²) in [5, 5.41) is 20.2. The number of aliphatic hydroxyl groups excluding tert-OH is 1. The largest absolute Gasteiger partial charge is 0.501 e. The number of piperazine rings is 1. The number of anilines is 2. The van der Waals surface area contributed by atoms with E-state index in [2.05, 4.69) is 56.7 Å². The molecule has 1 aliphatic carbocycles. The molecule has 564 valence electrons. The van der Waals surface area contributed by atoms with Gasteiger partial charge in [-0.05, 0) is 153 Å². The van der Waals surface area contributed by atoms with Crippen LogP contribution in [0.25, 0.3) is 16.0 Å². The number of ether oxygens (including phenoxy) is 3. The van der Waals surface area contributed by atoms with Gasteiger partial charge in [-0.25, -0.2) is 26.5 Å². The fourth-order valence-electron chi connectivity index (χ4n) is 12.9. The van der Waals surface area contributed by atoms with Crippen molar-refractivity contribution in [1.29, 1.82) is 0 Å². The Kier molecular flexibility index (Phi) is 28.2. The van der Waals surface area contributed by atoms with Crippen LogP contribution in [0, 0.1) is 17.8 Å². The molecule has 0 spiro atoms. The highest BCUT2D eigenvalue weighted by Gasteiger charge is 2.49. The first-order valence-corrected chi connectivity index (χ1v) is 40.0. The fourth-order valence-corrected chi connectivity index (χ4v) is 16.8. The van der Waals surface area contributed by atoms with Gasteiger partial charge in [-0.1, -0.05) is 106 Å². The molecule has 5 N–H and O–H groups in total. The molecule has 9 rings (SSSR count). The Bertz CT molecular complexity index is 4160. The molecule has 0 unspecified atom stereocenters. The third-order valence-electron chi connectivity index (χ3n) is 18.8. The van der Waals surface area contributed by atoms with Crippen LogP contribution in [0.3, 0.4) is 0 Å². The minimum absolute atomic E-state index is 0.0364. The van der Waals surface area contributed by atoms with E-state index in [1.807, 2.05) is 97.2 Å². The Labute approximate surface area is 622 Å². The van der Waals surface area contributed by atoms with Crippen molar-refractivity contribution in [2.45, 2.75) is 131 Å². The van der Waals surface area contributed by atoms with Gasteiger partial charge in [-0.15, -0.1) is 23.1 Å². The highest BCUT2D eigenvalue weighted by molar-refractivity contribution is 7.99. The number of nitrogens with zero attached hydrogens (tertiary/aromatic N) is 5. The summed E-state index contributed by atoms with van der Waals surface area (Å²) in [7, 11) is -9.29. The maximum Gasteiger partial charge on any atom is 0.501 e. The summed E-state index contributed by atoms with van der Waals surface area (Å²) in [4.78, 5) is 66.6. The first-order valence-electron chi connectivity index (χ1n) is 34.8. The number of nitrogens with one attached hydrogen (secondary N) is 4. The van der Waals surface area contributed by atoms with Gasteiger partial charge >= 0.3 is 5.51 Å². The number of carbonyl (C=O) groups excluding carboxylic acids is 4. The molecule has 3 heterocycles. The molecule has 21 nitrogen and oxygen atoms in total. The molecule has 0 saturated carbocycles. The molecular weight excluding hydrogens is 1440 g/mol. The molecule has 0 radical (unpaired) electrons. The second-order valence-corrected chi connectivity index (χ2v) is 34.5. The van der Waals surface area contributed by atoms with E-state index < -0.39 is 100 Å². The van der Waals surface area contributed by atoms with E-state index in [-0.39, 0.29) is 75.8 Å². The molecular formula is C75H95ClF3N9O12S4. The molecule has 5 atom stereocenters. The molecule has 5 aromatic carbocycles. The Balaban J connectivity index is 0.714. The van der Waals surface area contributed by atoms with Crippen molar-refractivity contribution < 1.29 is 68.5 Å². The lowest BCUT2D eigenvalue weighted by Gasteiger charge is -2.39. The number of sulfonamides is 1. The number of likely N-dealkylation sites (tertiary alicyclic amines) is 1. The summed E-state index contributed by atoms with van der Waals surface area (Å²) in [6.45, 7) is 18.7. The number of thiazole rings is 1. The van der Waals surface area contributed by atoms with Crippen molar-refractivity contribution in [2.75, 3.05) is 115 Å². The summed E-state index contributed by atoms with van der Waals surface area (Å²) >= 11 is 9.15. The summed E-state index contributed by atoms with van der Waals surface area (Å²) in [5.41, 5.74) is 2.47. The normalized spacial score (nSPS) is 17.8. The van der Waals surface area contributed by atoms with Gasteiger partial charge in [0.15, 0.2) is 0 Å². The van der Waals surface area contributed by atoms with Crippen LogP contribution in [-0.4, -0.2) is 200 Å². The second-order valence-electron chi connectivity index (χ2n) is 28.5. The molecule has 1 aromatic heterocycles. The number of allylic oxidation sites excluding steroid dienone is 1. The number of aromatic nitrogens is 1. The standard InChI is InChI=1S/C75H95ClF3N9O12S4/c1-50(52-14-16-54(17-15-52)68-51(2)80-49-102-68)81-71(92)65-42-60(89)46-88(65)72(93)69(73(3,4)5)83-67(90)47-100-41-40-99-39-38-98-37-36-85(8)31-29-58(48-101-61-12-10-9-11-13-61)82-64-27-26-62(43-66(64)103(94,95)75(77,78)79)104(96,97)84-70(91)55-20-24-59(25-21-55)87-34-32-86(33-35-87)45-56-44-74(6,7)30-28-63(56)53-18-22-57(76)23-19-53/h9-27,43,49-50,58,60,65,69,82,89H,28-42,44-48H2,1-8H3,(H,81,92)(H,83,90)(H,84,91)/t50-,58+,60+,65-,69+/m0/s1. The van der Waals surface area contributed by atoms with Gasteiger partial charge < -0.3 is 50.0 Å². The maximum atomic E-state index is 14.5. The minimum Gasteiger partial charge on any atom is -0.391 e. The van der Waals surface area contributed by atoms with Crippen LogP contribution >= 0.6 is 34.7 Å². The number of alkyl halides is 3. The third kappa shape index (κ3) is 22.3. The third-order valence-corrected chi connectivity index (χ3v) is 24.1. The topological polar surface area (TPSA) is 258 Å². The number of amides is 4. The fraction of sp³-hybridized carbons (Fsp3) is 0.480. The van der Waals surface area contributed by atoms with Gasteiger partial charge in [0.25, 0.3) is 25.8 Å². The van der Waals surface area contributed by atoms with Crippen molar-refractivity contribution in [3.63, 3.8) is 0 Å². The zero-order valence-electron chi connectivity index (χ0n) is 60.0. The van der Waals surface area contributed by atoms with E-state index >= 15 is 0 Å². The summed E-state index contributed by atoms with van der Waals surface area (Å²) in [6.07, 6.45) is 2.47. The van der Waals surface area contributed by atoms with Gasteiger partial charge in [-0.3, -0.25) is 24.1 Å². The molecule has 3 aliphatic rings. The number of hydrogen-bond acceptors (Lipinski definition) is 19. The van der Waals surface area contributed by atoms with E-state index in [0.717, 1.165) is 83.3 Å². The predicted octanol–water partition coefficient (Wildman–Crippen LogP) is 11.3. The van der Waals surface area contributed by atoms with E-state index in [1.165, 1.54) is 45.5 Å². The predicted molar refractivity (Wildman–Crippen MR) is 401 cm³/mol. The van der Waals surface area contributed by atoms with E-state index in [0.29, 0.717) is 37.3 Å². The summed E-state index contributed by atoms with van der Waals surface area (Å²) in [5.74, 6) is -2.29. The van der Waals surface area contributed by atoms with E-state index in [4.69, 9.17) is 25.8 Å². The lowest BCUT2D eigenvalue weighted by Crippen LogP contribution is -2.58. The zero-order chi connectivity index (χ0) is 75.2. The zero-order valence-corrected chi connectivity index (χ0v) is 64.0. The van der Waals surface area contributed by atoms with Crippen LogP contribution in [-0.2, 0) is 48.5 Å². The van der Waals surface area contributed by atoms with E-state index in [1.54, 1.807) is 49.8 Å². The first-order chi connectivity index (χ1) is 49.2. The quantitative estimate of drug-likeness (QED) is 0.0189. The summed E-state index contributed by atoms with van der Waals surface area (Å²) < 4.78 is 117. The van der Waals surface area contributed by atoms with Crippen molar-refractivity contribution >= 4 is 95.1 Å². The van der Waals surface area contributed by atoms with Gasteiger partial charge in [0.2, 0.25) is 17.7 Å². The van der Waals surface area contributed by atoms with Crippen LogP contribution < -0.4 is 25.6 Å². The molecule has 2 fully saturated rings. The van der Waals surface area contributed by atoms with Crippen molar-refractivity contribution in [1.82, 2.24) is 35.0 Å². The van der Waals surface area contributed by atoms with Crippen LogP contribution in [0.15, 0.2) is 147 Å². The number of likely N-dealkylation sites (N-methyl/N-ethyl adjacent to an activating group) is 1. The average molecular weight is 1540 g/mol. The van der Waals surface area contributed by atoms with Gasteiger partial charge in [0, 0.05) is 85.2 Å². The number of sulfone groups is 1. The Morgan fingerprint density at radius 1 is 0.827 bits per heavy atom. The number of β-amino-alcohol motifs (C(OH)–C–C–N with tert-alkyl or cyclic N) is 1. The number of halogens is 4. The number of rotatable bonds is 33. The lowest BCUT2D eigenvalue weighted by atomic mass is 9.73. The number of benzene rings is 5. The minimum atomic E-state index is -6.17. The van der Waals surface area contributed by atoms with Crippen molar-refractivity contribution in [2.24, 2.45) is 10.8 Å². The lowest BCUT2D eigenvalue weighted by molar-refractivity contribution is -0.144. The second kappa shape index (κ2) is 36.1. The molecule has 6 aromatic rings. The highest BCUT2D eigenvalue weighted by Crippen LogP contribution is 2.44. The highest BCUT2D eigenvalue weighted by atomic mass is 35.5. The molecule has 0 bridgehead atoms. The first kappa shape index (κ1) is 81.1. The Hall–Kier alpha value is -6.96. The number of hydrogen-bond donors (Lipinski definition) is 5. The van der Waals surface area contributed by atoms with Crippen molar-refractivity contribution in [3.05, 3.63) is 160 Å². The Morgan fingerprint density at radius 2 is 1.48 bits per heavy atom.